The highest BCUT2D eigenvalue weighted by molar-refractivity contribution is 5.77. The molecule has 0 aliphatic rings. The highest BCUT2D eigenvalue weighted by Gasteiger charge is 2.24. The number of nitrogens with two attached hydrogens (primary N) is 1. The van der Waals surface area contributed by atoms with Crippen molar-refractivity contribution >= 4 is 5.82 Å². The Morgan fingerprint density at radius 2 is 1.50 bits per heavy atom. The molecule has 0 fully saturated rings. The molecule has 2 N–H and O–H groups in total. The Hall–Kier alpha value is -1.77. The van der Waals surface area contributed by atoms with Crippen LogP contribution >= 0.6 is 0 Å². The zero-order valence-corrected chi connectivity index (χ0v) is 13.6. The summed E-state index contributed by atoms with van der Waals surface area (Å²) >= 11 is 0. The van der Waals surface area contributed by atoms with Crippen LogP contribution in [0.1, 0.15) is 43.3 Å². The summed E-state index contributed by atoms with van der Waals surface area (Å²) in [5.74, 6) is 1.72. The molecule has 3 heteroatoms. The van der Waals surface area contributed by atoms with Gasteiger partial charge in [-0.2, -0.15) is 0 Å². The topological polar surface area (TPSA) is 43.8 Å². The normalized spacial score (nSPS) is 11.9. The van der Waals surface area contributed by atoms with Gasteiger partial charge in [0.25, 0.3) is 0 Å². The Morgan fingerprint density at radius 3 is 1.90 bits per heavy atom. The summed E-state index contributed by atoms with van der Waals surface area (Å²) in [4.78, 5) is 4.74. The first-order valence-corrected chi connectivity index (χ1v) is 7.06. The van der Waals surface area contributed by atoms with Gasteiger partial charge < -0.3 is 10.3 Å². The van der Waals surface area contributed by atoms with E-state index in [-0.39, 0.29) is 5.54 Å². The molecule has 1 aromatic heterocycles. The fourth-order valence-corrected chi connectivity index (χ4v) is 3.13. The van der Waals surface area contributed by atoms with Crippen molar-refractivity contribution in [2.24, 2.45) is 0 Å². The number of aromatic nitrogens is 2. The number of hydrogen-bond acceptors (Lipinski definition) is 2. The number of nitrogens with zero attached hydrogens (tertiary/aromatic N) is 2. The summed E-state index contributed by atoms with van der Waals surface area (Å²) in [5, 5.41) is 0. The lowest BCUT2D eigenvalue weighted by atomic mass is 9.97. The predicted molar refractivity (Wildman–Crippen MR) is 86.0 cm³/mol. The predicted octanol–water partition coefficient (Wildman–Crippen LogP) is 4.12. The van der Waals surface area contributed by atoms with E-state index < -0.39 is 0 Å². The van der Waals surface area contributed by atoms with E-state index in [1.54, 1.807) is 0 Å². The second kappa shape index (κ2) is 4.65. The third-order valence-corrected chi connectivity index (χ3v) is 3.67. The van der Waals surface area contributed by atoms with Crippen molar-refractivity contribution in [2.75, 3.05) is 5.73 Å². The molecule has 2 rings (SSSR count). The van der Waals surface area contributed by atoms with Crippen molar-refractivity contribution in [1.82, 2.24) is 9.55 Å². The number of imidazole rings is 1. The van der Waals surface area contributed by atoms with Gasteiger partial charge in [-0.15, -0.1) is 0 Å². The molecule has 3 nitrogen and oxygen atoms in total. The molecule has 0 saturated carbocycles. The van der Waals surface area contributed by atoms with E-state index in [1.807, 2.05) is 6.92 Å². The van der Waals surface area contributed by atoms with E-state index in [2.05, 4.69) is 58.2 Å². The fourth-order valence-electron chi connectivity index (χ4n) is 3.13. The van der Waals surface area contributed by atoms with Crippen LogP contribution in [0.2, 0.25) is 0 Å². The van der Waals surface area contributed by atoms with Gasteiger partial charge in [-0.3, -0.25) is 0 Å². The van der Waals surface area contributed by atoms with E-state index in [4.69, 9.17) is 10.7 Å². The van der Waals surface area contributed by atoms with Gasteiger partial charge >= 0.3 is 0 Å². The van der Waals surface area contributed by atoms with E-state index >= 15 is 0 Å². The average Bonchev–Trinajstić information content (AvgIpc) is 2.51. The second-order valence-corrected chi connectivity index (χ2v) is 6.67. The van der Waals surface area contributed by atoms with E-state index in [0.717, 1.165) is 17.3 Å². The molecule has 0 spiro atoms. The summed E-state index contributed by atoms with van der Waals surface area (Å²) in [6, 6.07) is 4.38. The molecule has 2 aromatic rings. The number of anilines is 1. The quantitative estimate of drug-likeness (QED) is 0.847. The van der Waals surface area contributed by atoms with Gasteiger partial charge in [0.15, 0.2) is 0 Å². The summed E-state index contributed by atoms with van der Waals surface area (Å²) < 4.78 is 2.11. The number of nitrogen functional groups attached to an aromatic ring is 1. The molecule has 0 atom stereocenters. The highest BCUT2D eigenvalue weighted by atomic mass is 15.2. The van der Waals surface area contributed by atoms with Gasteiger partial charge in [0.1, 0.15) is 17.3 Å². The van der Waals surface area contributed by atoms with Gasteiger partial charge in [-0.1, -0.05) is 17.7 Å². The first-order chi connectivity index (χ1) is 9.12. The van der Waals surface area contributed by atoms with Crippen LogP contribution in [0.4, 0.5) is 5.82 Å². The van der Waals surface area contributed by atoms with Gasteiger partial charge in [0, 0.05) is 11.1 Å². The zero-order valence-electron chi connectivity index (χ0n) is 13.6. The van der Waals surface area contributed by atoms with E-state index in [9.17, 15) is 0 Å². The third-order valence-electron chi connectivity index (χ3n) is 3.67. The maximum absolute atomic E-state index is 6.40. The maximum atomic E-state index is 6.40. The minimum Gasteiger partial charge on any atom is -0.383 e. The Kier molecular flexibility index (Phi) is 3.41. The smallest absolute Gasteiger partial charge is 0.132 e. The number of aryl methyl sites for hydroxylation is 4. The van der Waals surface area contributed by atoms with Crippen LogP contribution in [0.25, 0.3) is 11.3 Å². The van der Waals surface area contributed by atoms with Crippen LogP contribution in [-0.2, 0) is 5.54 Å². The highest BCUT2D eigenvalue weighted by Crippen LogP contribution is 2.35. The minimum atomic E-state index is -0.0636. The lowest BCUT2D eigenvalue weighted by Crippen LogP contribution is -2.24. The monoisotopic (exact) mass is 271 g/mol. The van der Waals surface area contributed by atoms with Crippen LogP contribution in [0.3, 0.4) is 0 Å². The summed E-state index contributed by atoms with van der Waals surface area (Å²) in [6.45, 7) is 14.8. The minimum absolute atomic E-state index is 0.0636. The third kappa shape index (κ3) is 2.33. The molecule has 0 amide bonds. The van der Waals surface area contributed by atoms with E-state index in [0.29, 0.717) is 0 Å². The van der Waals surface area contributed by atoms with Crippen LogP contribution in [0, 0.1) is 27.7 Å². The molecule has 1 heterocycles. The lowest BCUT2D eigenvalue weighted by Gasteiger charge is -2.24. The van der Waals surface area contributed by atoms with Gasteiger partial charge in [-0.05, 0) is 59.6 Å². The zero-order chi connectivity index (χ0) is 15.2. The van der Waals surface area contributed by atoms with Crippen molar-refractivity contribution < 1.29 is 0 Å². The molecule has 0 unspecified atom stereocenters. The standard InChI is InChI=1S/C17H25N3/c1-10-8-11(2)14(12(3)9-10)15-16(18)20(13(4)19-15)17(5,6)7/h8-9H,18H2,1-7H3. The summed E-state index contributed by atoms with van der Waals surface area (Å²) in [5.41, 5.74) is 12.1. The molecule has 0 aliphatic heterocycles. The van der Waals surface area contributed by atoms with Crippen LogP contribution in [-0.4, -0.2) is 9.55 Å². The maximum Gasteiger partial charge on any atom is 0.132 e. The molecule has 0 saturated heterocycles. The molecule has 0 bridgehead atoms. The van der Waals surface area contributed by atoms with Crippen molar-refractivity contribution in [3.05, 3.63) is 34.6 Å². The van der Waals surface area contributed by atoms with Gasteiger partial charge in [0.2, 0.25) is 0 Å². The van der Waals surface area contributed by atoms with Gasteiger partial charge in [0.05, 0.1) is 0 Å². The lowest BCUT2D eigenvalue weighted by molar-refractivity contribution is 0.393. The first kappa shape index (κ1) is 14.6. The fraction of sp³-hybridized carbons (Fsp3) is 0.471. The Labute approximate surface area is 121 Å². The van der Waals surface area contributed by atoms with Crippen molar-refractivity contribution in [2.45, 2.75) is 54.0 Å². The Morgan fingerprint density at radius 1 is 1.00 bits per heavy atom. The van der Waals surface area contributed by atoms with E-state index in [1.165, 1.54) is 22.3 Å². The summed E-state index contributed by atoms with van der Waals surface area (Å²) in [6.07, 6.45) is 0. The Bertz CT molecular complexity index is 635. The molecular formula is C17H25N3. The van der Waals surface area contributed by atoms with Crippen molar-refractivity contribution in [3.63, 3.8) is 0 Å². The van der Waals surface area contributed by atoms with Crippen LogP contribution < -0.4 is 5.73 Å². The molecule has 1 aromatic carbocycles. The van der Waals surface area contributed by atoms with Gasteiger partial charge in [-0.25, -0.2) is 4.98 Å². The molecular weight excluding hydrogens is 246 g/mol. The van der Waals surface area contributed by atoms with Crippen molar-refractivity contribution in [1.29, 1.82) is 0 Å². The SMILES string of the molecule is Cc1cc(C)c(-c2nc(C)n(C(C)(C)C)c2N)c(C)c1. The number of benzene rings is 1. The number of hydrogen-bond donors (Lipinski definition) is 1. The summed E-state index contributed by atoms with van der Waals surface area (Å²) in [7, 11) is 0. The van der Waals surface area contributed by atoms with Crippen LogP contribution in [0.5, 0.6) is 0 Å². The molecule has 108 valence electrons. The number of rotatable bonds is 1. The molecule has 0 aliphatic carbocycles. The largest absolute Gasteiger partial charge is 0.383 e. The Balaban J connectivity index is 2.73. The second-order valence-electron chi connectivity index (χ2n) is 6.67. The average molecular weight is 271 g/mol. The molecule has 0 radical (unpaired) electrons. The van der Waals surface area contributed by atoms with Crippen LogP contribution in [0.15, 0.2) is 12.1 Å². The molecule has 20 heavy (non-hydrogen) atoms. The van der Waals surface area contributed by atoms with Crippen molar-refractivity contribution in [3.8, 4) is 11.3 Å². The first-order valence-electron chi connectivity index (χ1n) is 7.06.